The van der Waals surface area contributed by atoms with Gasteiger partial charge in [0.15, 0.2) is 0 Å². The Balaban J connectivity index is 2.25. The first-order valence-electron chi connectivity index (χ1n) is 5.41. The highest BCUT2D eigenvalue weighted by Crippen LogP contribution is 2.15. The molecule has 0 bridgehead atoms. The van der Waals surface area contributed by atoms with Crippen LogP contribution in [0.4, 0.5) is 0 Å². The molecule has 2 aromatic rings. The summed E-state index contributed by atoms with van der Waals surface area (Å²) in [5.41, 5.74) is 0.626. The fourth-order valence-electron chi connectivity index (χ4n) is 1.64. The minimum atomic E-state index is -1.25. The van der Waals surface area contributed by atoms with Crippen LogP contribution in [-0.4, -0.2) is 10.2 Å². The lowest BCUT2D eigenvalue weighted by Crippen LogP contribution is -2.24. The van der Waals surface area contributed by atoms with E-state index in [1.54, 1.807) is 42.5 Å². The maximum atomic E-state index is 12.1. The third-order valence-electron chi connectivity index (χ3n) is 2.53. The maximum Gasteiger partial charge on any atom is 0.0718 e. The third-order valence-corrected chi connectivity index (χ3v) is 3.90. The van der Waals surface area contributed by atoms with Crippen molar-refractivity contribution in [2.45, 2.75) is 10.6 Å². The Morgan fingerprint density at radius 3 is 2.28 bits per heavy atom. The van der Waals surface area contributed by atoms with Crippen LogP contribution in [0.2, 0.25) is 0 Å². The van der Waals surface area contributed by atoms with E-state index in [4.69, 9.17) is 0 Å². The average molecular weight is 259 g/mol. The van der Waals surface area contributed by atoms with Gasteiger partial charge in [-0.05, 0) is 17.7 Å². The van der Waals surface area contributed by atoms with Crippen LogP contribution < -0.4 is 5.11 Å². The van der Waals surface area contributed by atoms with Gasteiger partial charge in [0.1, 0.15) is 0 Å². The Labute approximate surface area is 108 Å². The van der Waals surface area contributed by atoms with Crippen molar-refractivity contribution in [3.8, 4) is 0 Å². The molecule has 3 nitrogen and oxygen atoms in total. The quantitative estimate of drug-likeness (QED) is 0.833. The number of carbonyl (C=O) groups excluding carboxylic acids is 1. The molecular formula is C14H11O3S-. The number of carboxylic acids is 1. The Hall–Kier alpha value is -1.94. The van der Waals surface area contributed by atoms with E-state index in [0.717, 1.165) is 0 Å². The van der Waals surface area contributed by atoms with E-state index in [-0.39, 0.29) is 11.3 Å². The van der Waals surface area contributed by atoms with E-state index in [9.17, 15) is 14.1 Å². The number of benzene rings is 2. The van der Waals surface area contributed by atoms with Crippen LogP contribution in [0.25, 0.3) is 0 Å². The normalized spacial score (nSPS) is 12.0. The van der Waals surface area contributed by atoms with E-state index in [1.807, 2.05) is 6.07 Å². The van der Waals surface area contributed by atoms with Gasteiger partial charge in [-0.1, -0.05) is 42.5 Å². The molecule has 0 heterocycles. The molecule has 0 saturated heterocycles. The van der Waals surface area contributed by atoms with Gasteiger partial charge in [0, 0.05) is 10.5 Å². The van der Waals surface area contributed by atoms with Gasteiger partial charge in [0.25, 0.3) is 0 Å². The summed E-state index contributed by atoms with van der Waals surface area (Å²) in [6.07, 6.45) is 0. The van der Waals surface area contributed by atoms with Crippen molar-refractivity contribution in [2.24, 2.45) is 0 Å². The van der Waals surface area contributed by atoms with Crippen LogP contribution in [0.5, 0.6) is 0 Å². The van der Waals surface area contributed by atoms with Crippen LogP contribution in [-0.2, 0) is 16.6 Å². The highest BCUT2D eigenvalue weighted by atomic mass is 32.2. The van der Waals surface area contributed by atoms with E-state index >= 15 is 0 Å². The molecule has 0 amide bonds. The second-order valence-electron chi connectivity index (χ2n) is 3.75. The molecule has 92 valence electrons. The zero-order valence-corrected chi connectivity index (χ0v) is 10.4. The maximum absolute atomic E-state index is 12.1. The third kappa shape index (κ3) is 2.84. The number of hydrogen-bond acceptors (Lipinski definition) is 3. The molecule has 0 aromatic heterocycles. The molecule has 2 aromatic carbocycles. The molecule has 18 heavy (non-hydrogen) atoms. The highest BCUT2D eigenvalue weighted by Gasteiger charge is 2.08. The molecule has 0 aliphatic carbocycles. The molecule has 0 unspecified atom stereocenters. The zero-order valence-electron chi connectivity index (χ0n) is 9.54. The smallest absolute Gasteiger partial charge is 0.0718 e. The molecule has 0 spiro atoms. The predicted molar refractivity (Wildman–Crippen MR) is 67.3 cm³/mol. The summed E-state index contributed by atoms with van der Waals surface area (Å²) in [6.45, 7) is 0. The lowest BCUT2D eigenvalue weighted by atomic mass is 10.1. The van der Waals surface area contributed by atoms with Gasteiger partial charge in [0.05, 0.1) is 22.5 Å². The fourth-order valence-corrected chi connectivity index (χ4v) is 2.80. The second kappa shape index (κ2) is 5.60. The van der Waals surface area contributed by atoms with E-state index in [0.29, 0.717) is 10.5 Å². The summed E-state index contributed by atoms with van der Waals surface area (Å²) in [4.78, 5) is 11.6. The van der Waals surface area contributed by atoms with Crippen LogP contribution >= 0.6 is 0 Å². The zero-order chi connectivity index (χ0) is 13.0. The number of rotatable bonds is 4. The van der Waals surface area contributed by atoms with E-state index < -0.39 is 16.8 Å². The monoisotopic (exact) mass is 259 g/mol. The predicted octanol–water partition coefficient (Wildman–Crippen LogP) is 1.36. The molecular weight excluding hydrogens is 248 g/mol. The van der Waals surface area contributed by atoms with Gasteiger partial charge in [-0.25, -0.2) is 0 Å². The minimum absolute atomic E-state index is 0.0989. The Morgan fingerprint density at radius 1 is 1.00 bits per heavy atom. The lowest BCUT2D eigenvalue weighted by Gasteiger charge is -2.09. The molecule has 0 fully saturated rings. The van der Waals surface area contributed by atoms with Crippen molar-refractivity contribution in [3.63, 3.8) is 0 Å². The summed E-state index contributed by atoms with van der Waals surface area (Å²) >= 11 is 0. The standard InChI is InChI=1S/C14H12O3S/c15-14(16)13-9-5-4-6-11(13)10-18(17)12-7-2-1-3-8-12/h1-9H,10H2,(H,15,16)/p-1/t18-/m1/s1. The first-order valence-corrected chi connectivity index (χ1v) is 6.73. The first-order chi connectivity index (χ1) is 8.68. The second-order valence-corrected chi connectivity index (χ2v) is 5.20. The van der Waals surface area contributed by atoms with Crippen LogP contribution in [0.15, 0.2) is 59.5 Å². The Kier molecular flexibility index (Phi) is 3.89. The molecule has 0 aliphatic heterocycles. The largest absolute Gasteiger partial charge is 0.545 e. The van der Waals surface area contributed by atoms with Gasteiger partial charge >= 0.3 is 0 Å². The van der Waals surface area contributed by atoms with E-state index in [2.05, 4.69) is 0 Å². The summed E-state index contributed by atoms with van der Waals surface area (Å²) in [7, 11) is -1.25. The molecule has 0 saturated carbocycles. The summed E-state index contributed by atoms with van der Waals surface area (Å²) < 4.78 is 12.1. The van der Waals surface area contributed by atoms with Crippen molar-refractivity contribution < 1.29 is 14.1 Å². The Morgan fingerprint density at radius 2 is 1.61 bits per heavy atom. The highest BCUT2D eigenvalue weighted by molar-refractivity contribution is 7.84. The van der Waals surface area contributed by atoms with Crippen molar-refractivity contribution in [2.75, 3.05) is 0 Å². The summed E-state index contributed by atoms with van der Waals surface area (Å²) in [5, 5.41) is 10.9. The molecule has 0 radical (unpaired) electrons. The number of aromatic carboxylic acids is 1. The number of carboxylic acid groups (broad SMARTS) is 1. The molecule has 2 rings (SSSR count). The summed E-state index contributed by atoms with van der Waals surface area (Å²) in [6, 6.07) is 15.4. The molecule has 1 atom stereocenters. The SMILES string of the molecule is O=C([O-])c1ccccc1C[S@@](=O)c1ccccc1. The fraction of sp³-hybridized carbons (Fsp3) is 0.0714. The molecule has 0 N–H and O–H groups in total. The van der Waals surface area contributed by atoms with Crippen LogP contribution in [0, 0.1) is 0 Å². The van der Waals surface area contributed by atoms with Gasteiger partial charge < -0.3 is 9.90 Å². The van der Waals surface area contributed by atoms with Crippen molar-refractivity contribution in [1.82, 2.24) is 0 Å². The lowest BCUT2D eigenvalue weighted by molar-refractivity contribution is -0.255. The van der Waals surface area contributed by atoms with Crippen molar-refractivity contribution >= 4 is 16.8 Å². The Bertz CT molecular complexity index is 579. The molecule has 0 aliphatic rings. The van der Waals surface area contributed by atoms with Gasteiger partial charge in [0.2, 0.25) is 0 Å². The topological polar surface area (TPSA) is 57.2 Å². The minimum Gasteiger partial charge on any atom is -0.545 e. The van der Waals surface area contributed by atoms with Gasteiger partial charge in [-0.15, -0.1) is 0 Å². The first kappa shape index (κ1) is 12.5. The van der Waals surface area contributed by atoms with Crippen molar-refractivity contribution in [3.05, 3.63) is 65.7 Å². The number of carbonyl (C=O) groups is 1. The van der Waals surface area contributed by atoms with Gasteiger partial charge in [-0.3, -0.25) is 4.21 Å². The van der Waals surface area contributed by atoms with Crippen molar-refractivity contribution in [1.29, 1.82) is 0 Å². The van der Waals surface area contributed by atoms with Crippen LogP contribution in [0.3, 0.4) is 0 Å². The average Bonchev–Trinajstić information content (AvgIpc) is 2.40. The molecule has 4 heteroatoms. The number of hydrogen-bond donors (Lipinski definition) is 0. The summed E-state index contributed by atoms with van der Waals surface area (Å²) in [5.74, 6) is -1.07. The van der Waals surface area contributed by atoms with Crippen LogP contribution in [0.1, 0.15) is 15.9 Å². The van der Waals surface area contributed by atoms with Gasteiger partial charge in [-0.2, -0.15) is 0 Å². The van der Waals surface area contributed by atoms with E-state index in [1.165, 1.54) is 6.07 Å².